The fraction of sp³-hybridized carbons (Fsp3) is 0.750. The lowest BCUT2D eigenvalue weighted by atomic mass is 10.2. The molecule has 0 amide bonds. The number of rotatable bonds is 6. The number of carbonyl (C=O) groups excluding carboxylic acids is 2. The van der Waals surface area contributed by atoms with Crippen LogP contribution in [0.3, 0.4) is 0 Å². The third kappa shape index (κ3) is 5.37. The Morgan fingerprint density at radius 3 is 1.84 bits per heavy atom. The highest BCUT2D eigenvalue weighted by atomic mass is 79.9. The average molecular weight is 368 g/mol. The first-order valence-electron chi connectivity index (χ1n) is 4.66. The fourth-order valence-electron chi connectivity index (χ4n) is 0.626. The normalized spacial score (nSPS) is 12.9. The second kappa shape index (κ2) is 6.09. The number of carbonyl (C=O) groups is 2. The summed E-state index contributed by atoms with van der Waals surface area (Å²) in [7, 11) is -6.15. The van der Waals surface area contributed by atoms with E-state index < -0.39 is 44.8 Å². The number of hydrogen-bond acceptors (Lipinski definition) is 7. The number of hydrogen-bond donors (Lipinski definition) is 0. The first-order chi connectivity index (χ1) is 8.30. The molecule has 0 heterocycles. The van der Waals surface area contributed by atoms with Crippen LogP contribution in [0, 0.1) is 0 Å². The van der Waals surface area contributed by atoms with Gasteiger partial charge in [-0.2, -0.15) is 8.78 Å². The summed E-state index contributed by atoms with van der Waals surface area (Å²) in [4.78, 5) is 21.8. The predicted molar refractivity (Wildman–Crippen MR) is 59.6 cm³/mol. The Hall–Kier alpha value is -0.810. The van der Waals surface area contributed by atoms with E-state index in [1.54, 1.807) is 0 Å². The molecule has 0 atom stereocenters. The van der Waals surface area contributed by atoms with Crippen LogP contribution in [0.1, 0.15) is 13.8 Å². The van der Waals surface area contributed by atoms with Gasteiger partial charge in [0.2, 0.25) is 0 Å². The van der Waals surface area contributed by atoms with Gasteiger partial charge < -0.3 is 14.0 Å². The minimum Gasteiger partial charge on any atom is -0.743 e. The molecular formula is C8H10BrF2O7S-. The monoisotopic (exact) mass is 367 g/mol. The van der Waals surface area contributed by atoms with Crippen molar-refractivity contribution in [3.05, 3.63) is 0 Å². The van der Waals surface area contributed by atoms with Gasteiger partial charge in [-0.05, 0) is 13.8 Å². The number of halogens is 3. The molecule has 0 aliphatic heterocycles. The van der Waals surface area contributed by atoms with Crippen LogP contribution in [0.4, 0.5) is 8.78 Å². The number of alkyl halides is 3. The van der Waals surface area contributed by atoms with Gasteiger partial charge in [0.05, 0.1) is 0 Å². The molecule has 0 aliphatic rings. The smallest absolute Gasteiger partial charge is 0.428 e. The summed E-state index contributed by atoms with van der Waals surface area (Å²) < 4.78 is 62.8. The molecule has 0 saturated carbocycles. The average Bonchev–Trinajstić information content (AvgIpc) is 2.20. The zero-order valence-corrected chi connectivity index (χ0v) is 12.2. The van der Waals surface area contributed by atoms with Gasteiger partial charge in [0.15, 0.2) is 10.1 Å². The molecule has 0 spiro atoms. The summed E-state index contributed by atoms with van der Waals surface area (Å²) in [6.07, 6.45) is 0. The van der Waals surface area contributed by atoms with Crippen LogP contribution in [0.25, 0.3) is 0 Å². The van der Waals surface area contributed by atoms with Gasteiger partial charge >= 0.3 is 17.2 Å². The lowest BCUT2D eigenvalue weighted by Gasteiger charge is -2.18. The molecule has 0 saturated heterocycles. The third-order valence-corrected chi connectivity index (χ3v) is 2.71. The van der Waals surface area contributed by atoms with Crippen LogP contribution in [-0.4, -0.2) is 47.7 Å². The molecule has 0 aromatic heterocycles. The van der Waals surface area contributed by atoms with Crippen molar-refractivity contribution in [3.8, 4) is 0 Å². The topological polar surface area (TPSA) is 110 Å². The van der Waals surface area contributed by atoms with Gasteiger partial charge in [-0.3, -0.25) is 4.79 Å². The van der Waals surface area contributed by atoms with Crippen LogP contribution < -0.4 is 0 Å². The van der Waals surface area contributed by atoms with E-state index in [1.807, 2.05) is 0 Å². The fourth-order valence-corrected chi connectivity index (χ4v) is 1.00. The summed E-state index contributed by atoms with van der Waals surface area (Å²) in [5, 5.41) is -5.17. The van der Waals surface area contributed by atoms with E-state index in [1.165, 1.54) is 13.8 Å². The summed E-state index contributed by atoms with van der Waals surface area (Å²) in [5.74, 6) is -3.26. The summed E-state index contributed by atoms with van der Waals surface area (Å²) in [6, 6.07) is 0. The lowest BCUT2D eigenvalue weighted by Crippen LogP contribution is -2.39. The van der Waals surface area contributed by atoms with Gasteiger partial charge in [-0.25, -0.2) is 13.2 Å². The molecule has 0 aromatic carbocycles. The Balaban J connectivity index is 4.25. The highest BCUT2D eigenvalue weighted by Gasteiger charge is 2.48. The van der Waals surface area contributed by atoms with Crippen LogP contribution >= 0.6 is 15.9 Å². The van der Waals surface area contributed by atoms with Gasteiger partial charge in [-0.15, -0.1) is 0 Å². The van der Waals surface area contributed by atoms with Crippen molar-refractivity contribution in [2.75, 3.05) is 13.2 Å². The maximum atomic E-state index is 12.6. The van der Waals surface area contributed by atoms with Crippen molar-refractivity contribution in [1.29, 1.82) is 0 Å². The zero-order chi connectivity index (χ0) is 15.5. The van der Waals surface area contributed by atoms with Crippen LogP contribution in [0.5, 0.6) is 0 Å². The highest BCUT2D eigenvalue weighted by Crippen LogP contribution is 2.22. The molecule has 0 aromatic rings. The molecule has 0 N–H and O–H groups in total. The maximum Gasteiger partial charge on any atom is 0.428 e. The van der Waals surface area contributed by atoms with Crippen molar-refractivity contribution in [2.24, 2.45) is 0 Å². The standard InChI is InChI=1S/C8H11BrF2O7S/c1-7(2,9)5(12)17-3-4-18-6(13)8(10,11)19(14,15)16/h3-4H2,1-2H3,(H,14,15,16)/p-1. The first-order valence-corrected chi connectivity index (χ1v) is 6.87. The number of esters is 2. The van der Waals surface area contributed by atoms with Crippen LogP contribution in [-0.2, 0) is 29.2 Å². The van der Waals surface area contributed by atoms with E-state index >= 15 is 0 Å². The summed E-state index contributed by atoms with van der Waals surface area (Å²) >= 11 is 2.96. The quantitative estimate of drug-likeness (QED) is 0.289. The Morgan fingerprint density at radius 1 is 1.16 bits per heavy atom. The molecule has 7 nitrogen and oxygen atoms in total. The molecule has 112 valence electrons. The minimum atomic E-state index is -6.15. The van der Waals surface area contributed by atoms with E-state index in [0.29, 0.717) is 0 Å². The molecule has 0 aliphatic carbocycles. The zero-order valence-electron chi connectivity index (χ0n) is 9.81. The SMILES string of the molecule is CC(C)(Br)C(=O)OCCOC(=O)C(F)(F)S(=O)(=O)[O-]. The van der Waals surface area contributed by atoms with E-state index in [4.69, 9.17) is 0 Å². The van der Waals surface area contributed by atoms with Crippen molar-refractivity contribution in [2.45, 2.75) is 23.4 Å². The van der Waals surface area contributed by atoms with Crippen molar-refractivity contribution in [1.82, 2.24) is 0 Å². The van der Waals surface area contributed by atoms with Gasteiger partial charge in [0, 0.05) is 0 Å². The molecule has 0 rings (SSSR count). The van der Waals surface area contributed by atoms with Crippen molar-refractivity contribution >= 4 is 38.0 Å². The Kier molecular flexibility index (Phi) is 5.83. The molecule has 0 fully saturated rings. The van der Waals surface area contributed by atoms with E-state index in [-0.39, 0.29) is 0 Å². The summed E-state index contributed by atoms with van der Waals surface area (Å²) in [6.45, 7) is 1.55. The van der Waals surface area contributed by atoms with Gasteiger partial charge in [0.1, 0.15) is 17.5 Å². The molecule has 19 heavy (non-hydrogen) atoms. The summed E-state index contributed by atoms with van der Waals surface area (Å²) in [5.41, 5.74) is 0. The van der Waals surface area contributed by atoms with Gasteiger partial charge in [0.25, 0.3) is 0 Å². The Bertz CT molecular complexity index is 454. The lowest BCUT2D eigenvalue weighted by molar-refractivity contribution is -0.165. The predicted octanol–water partition coefficient (Wildman–Crippen LogP) is 0.384. The molecular weight excluding hydrogens is 358 g/mol. The first kappa shape index (κ1) is 18.2. The molecule has 0 radical (unpaired) electrons. The second-order valence-electron chi connectivity index (χ2n) is 3.72. The number of ether oxygens (including phenoxy) is 2. The Labute approximate surface area is 116 Å². The van der Waals surface area contributed by atoms with Crippen molar-refractivity contribution < 1.29 is 40.8 Å². The molecule has 0 bridgehead atoms. The molecule has 0 unspecified atom stereocenters. The van der Waals surface area contributed by atoms with Crippen LogP contribution in [0.15, 0.2) is 0 Å². The van der Waals surface area contributed by atoms with Crippen molar-refractivity contribution in [3.63, 3.8) is 0 Å². The largest absolute Gasteiger partial charge is 0.743 e. The second-order valence-corrected chi connectivity index (χ2v) is 7.12. The third-order valence-electron chi connectivity index (χ3n) is 1.59. The van der Waals surface area contributed by atoms with Gasteiger partial charge in [-0.1, -0.05) is 15.9 Å². The van der Waals surface area contributed by atoms with Crippen LogP contribution in [0.2, 0.25) is 0 Å². The maximum absolute atomic E-state index is 12.6. The highest BCUT2D eigenvalue weighted by molar-refractivity contribution is 9.10. The van der Waals surface area contributed by atoms with E-state index in [9.17, 15) is 31.3 Å². The van der Waals surface area contributed by atoms with E-state index in [0.717, 1.165) is 0 Å². The Morgan fingerprint density at radius 2 is 1.53 bits per heavy atom. The van der Waals surface area contributed by atoms with E-state index in [2.05, 4.69) is 25.4 Å². The minimum absolute atomic E-state index is 0.561. The molecule has 11 heteroatoms.